The van der Waals surface area contributed by atoms with Gasteiger partial charge >= 0.3 is 0 Å². The van der Waals surface area contributed by atoms with Crippen LogP contribution in [0.25, 0.3) is 66.1 Å². The molecular formula is C91H99BN4. The Morgan fingerprint density at radius 2 is 0.740 bits per heavy atom. The van der Waals surface area contributed by atoms with Crippen LogP contribution in [0.3, 0.4) is 0 Å². The monoisotopic (exact) mass is 1260 g/mol. The van der Waals surface area contributed by atoms with Crippen molar-refractivity contribution in [3.8, 4) is 22.5 Å². The molecule has 0 unspecified atom stereocenters. The molecule has 6 heterocycles. The van der Waals surface area contributed by atoms with E-state index in [9.17, 15) is 0 Å². The van der Waals surface area contributed by atoms with Gasteiger partial charge in [0.1, 0.15) is 0 Å². The highest BCUT2D eigenvalue weighted by Crippen LogP contribution is 2.57. The minimum Gasteiger partial charge on any atom is -0.310 e. The van der Waals surface area contributed by atoms with E-state index in [0.717, 1.165) is 34.1 Å². The molecule has 2 aromatic heterocycles. The van der Waals surface area contributed by atoms with Crippen LogP contribution in [0.5, 0.6) is 0 Å². The number of aromatic nitrogens is 2. The number of nitrogens with zero attached hydrogens (tertiary/aromatic N) is 4. The predicted molar refractivity (Wildman–Crippen MR) is 418 cm³/mol. The summed E-state index contributed by atoms with van der Waals surface area (Å²) in [6, 6.07) is 73.3. The van der Waals surface area contributed by atoms with E-state index in [2.05, 4.69) is 360 Å². The van der Waals surface area contributed by atoms with Gasteiger partial charge in [0.15, 0.2) is 0 Å². The summed E-state index contributed by atoms with van der Waals surface area (Å²) in [5, 5.41) is 5.26. The van der Waals surface area contributed by atoms with Crippen molar-refractivity contribution >= 4 is 101 Å². The zero-order valence-corrected chi connectivity index (χ0v) is 61.7. The first kappa shape index (κ1) is 63.5. The van der Waals surface area contributed by atoms with Crippen LogP contribution in [0, 0.1) is 0 Å². The fraction of sp³-hybridized carbons (Fsp3) is 0.341. The number of anilines is 6. The summed E-state index contributed by atoms with van der Waals surface area (Å²) < 4.78 is 5.54. The summed E-state index contributed by atoms with van der Waals surface area (Å²) in [5.41, 5.74) is 31.6. The molecule has 486 valence electrons. The highest BCUT2D eigenvalue weighted by molar-refractivity contribution is 7.00. The van der Waals surface area contributed by atoms with E-state index < -0.39 is 5.41 Å². The second-order valence-electron chi connectivity index (χ2n) is 36.5. The maximum Gasteiger partial charge on any atom is 0.252 e. The molecule has 4 nitrogen and oxygen atoms in total. The molecular weight excluding hydrogens is 1160 g/mol. The van der Waals surface area contributed by atoms with Crippen molar-refractivity contribution in [2.75, 3.05) is 9.80 Å². The maximum atomic E-state index is 2.80. The van der Waals surface area contributed by atoms with Gasteiger partial charge in [-0.05, 0) is 213 Å². The van der Waals surface area contributed by atoms with E-state index in [1.165, 1.54) is 133 Å². The SMILES string of the molecule is CC(C)(C)c1ccc(N(c2ccc(C(C)(C)C)cc2)c2cccc3c2-c2cc4c5c(c2C(C)(C)c2ccc(cc2)N3c2ccc(C(C)(C)C)cc2)-n2c3ccc(C(C)(C)C)cc3c3cc(C(C)(C)C)cc(c32)B5c2cc(C(C)(C)C)cc3c5cc(C(C)(C)C)ccc5n-4c23)cc1. The summed E-state index contributed by atoms with van der Waals surface area (Å²) in [5.74, 6) is 0. The molecule has 0 N–H and O–H groups in total. The third kappa shape index (κ3) is 9.80. The van der Waals surface area contributed by atoms with Crippen molar-refractivity contribution in [3.63, 3.8) is 0 Å². The Morgan fingerprint density at radius 3 is 1.18 bits per heavy atom. The lowest BCUT2D eigenvalue weighted by Gasteiger charge is -2.42. The minimum absolute atomic E-state index is 0.0318. The van der Waals surface area contributed by atoms with Gasteiger partial charge in [-0.3, -0.25) is 0 Å². The normalized spacial score (nSPS) is 14.7. The van der Waals surface area contributed by atoms with Crippen molar-refractivity contribution in [2.45, 2.75) is 203 Å². The van der Waals surface area contributed by atoms with Gasteiger partial charge in [0.25, 0.3) is 6.71 Å². The zero-order valence-electron chi connectivity index (χ0n) is 61.7. The van der Waals surface area contributed by atoms with Gasteiger partial charge in [0.2, 0.25) is 0 Å². The highest BCUT2D eigenvalue weighted by atomic mass is 15.2. The number of fused-ring (bicyclic) bond motifs is 12. The lowest BCUT2D eigenvalue weighted by Crippen LogP contribution is -2.60. The van der Waals surface area contributed by atoms with E-state index in [1.807, 2.05) is 0 Å². The van der Waals surface area contributed by atoms with Crippen LogP contribution >= 0.6 is 0 Å². The van der Waals surface area contributed by atoms with E-state index in [4.69, 9.17) is 0 Å². The average molecular weight is 1260 g/mol. The molecule has 0 amide bonds. The lowest BCUT2D eigenvalue weighted by atomic mass is 9.33. The van der Waals surface area contributed by atoms with E-state index in [-0.39, 0.29) is 44.6 Å². The van der Waals surface area contributed by atoms with Gasteiger partial charge in [-0.2, -0.15) is 0 Å². The number of rotatable bonds is 4. The summed E-state index contributed by atoms with van der Waals surface area (Å²) >= 11 is 0. The van der Waals surface area contributed by atoms with Gasteiger partial charge < -0.3 is 18.9 Å². The Hall–Kier alpha value is -8.54. The molecule has 12 aromatic rings. The van der Waals surface area contributed by atoms with Crippen LogP contribution in [-0.4, -0.2) is 15.8 Å². The van der Waals surface area contributed by atoms with Crippen LogP contribution < -0.4 is 26.2 Å². The number of benzene rings is 10. The van der Waals surface area contributed by atoms with Gasteiger partial charge in [-0.25, -0.2) is 0 Å². The molecule has 0 radical (unpaired) electrons. The van der Waals surface area contributed by atoms with Crippen molar-refractivity contribution < 1.29 is 0 Å². The van der Waals surface area contributed by atoms with Crippen molar-refractivity contribution in [1.29, 1.82) is 0 Å². The molecule has 0 saturated carbocycles. The van der Waals surface area contributed by atoms with Crippen LogP contribution in [0.15, 0.2) is 182 Å². The van der Waals surface area contributed by atoms with Gasteiger partial charge in [-0.1, -0.05) is 238 Å². The van der Waals surface area contributed by atoms with Crippen LogP contribution in [0.1, 0.15) is 209 Å². The molecule has 5 heteroatoms. The van der Waals surface area contributed by atoms with Crippen molar-refractivity contribution in [3.05, 3.63) is 232 Å². The number of hydrogen-bond donors (Lipinski definition) is 0. The average Bonchev–Trinajstić information content (AvgIpc) is 1.39. The Balaban J connectivity index is 1.21. The van der Waals surface area contributed by atoms with Gasteiger partial charge in [0, 0.05) is 77.7 Å². The minimum atomic E-state index is -0.586. The summed E-state index contributed by atoms with van der Waals surface area (Å²) in [7, 11) is 0. The van der Waals surface area contributed by atoms with Crippen molar-refractivity contribution in [1.82, 2.24) is 9.13 Å². The van der Waals surface area contributed by atoms with E-state index in [1.54, 1.807) is 0 Å². The Kier molecular flexibility index (Phi) is 13.7. The quantitative estimate of drug-likeness (QED) is 0.163. The molecule has 0 spiro atoms. The van der Waals surface area contributed by atoms with Crippen LogP contribution in [0.2, 0.25) is 0 Å². The molecule has 4 aliphatic heterocycles. The largest absolute Gasteiger partial charge is 0.310 e. The van der Waals surface area contributed by atoms with E-state index in [0.29, 0.717) is 0 Å². The molecule has 2 bridgehead atoms. The smallest absolute Gasteiger partial charge is 0.252 e. The zero-order chi connectivity index (χ0) is 68.4. The third-order valence-electron chi connectivity index (χ3n) is 22.2. The molecule has 0 fully saturated rings. The molecule has 0 aliphatic carbocycles. The third-order valence-corrected chi connectivity index (χ3v) is 22.2. The Bertz CT molecular complexity index is 5130. The first-order chi connectivity index (χ1) is 44.8. The molecule has 4 aliphatic rings. The van der Waals surface area contributed by atoms with E-state index >= 15 is 0 Å². The topological polar surface area (TPSA) is 16.3 Å². The van der Waals surface area contributed by atoms with Gasteiger partial charge in [-0.15, -0.1) is 0 Å². The standard InChI is InChI=1S/C91H99BN4/c1-84(2,3)54-27-37-62(38-28-54)93(63-39-29-55(30-40-63)85(4,5)6)75-25-24-26-76-78(75)70-53-77-80-83(79(70)91(22,23)57-33-43-65(44-34-57)94(76)64-41-31-56(32-42-64)86(7,8)9)96-74-46-36-59(88(13,14)15)48-67(74)69-50-61(90(19,20)21)52-72(82(69)96)92(80)71-51-60(89(16,17)18)49-68-66-47-58(87(10,11)12)35-45-73(66)95(77)81(68)71/h24-53H,1-23H3. The van der Waals surface area contributed by atoms with Crippen molar-refractivity contribution in [2.24, 2.45) is 0 Å². The van der Waals surface area contributed by atoms with Crippen LogP contribution in [-0.2, 0) is 43.3 Å². The first-order valence-corrected chi connectivity index (χ1v) is 35.4. The fourth-order valence-corrected chi connectivity index (χ4v) is 16.3. The number of hydrogen-bond acceptors (Lipinski definition) is 2. The second-order valence-corrected chi connectivity index (χ2v) is 36.5. The summed E-state index contributed by atoms with van der Waals surface area (Å²) in [6.45, 7) is 54.5. The lowest BCUT2D eigenvalue weighted by molar-refractivity contribution is 0.590. The second kappa shape index (κ2) is 20.7. The molecule has 96 heavy (non-hydrogen) atoms. The Labute approximate surface area is 573 Å². The first-order valence-electron chi connectivity index (χ1n) is 35.4. The highest BCUT2D eigenvalue weighted by Gasteiger charge is 2.47. The van der Waals surface area contributed by atoms with Crippen LogP contribution in [0.4, 0.5) is 34.1 Å². The summed E-state index contributed by atoms with van der Waals surface area (Å²) in [4.78, 5) is 5.15. The maximum absolute atomic E-state index is 2.80. The molecule has 10 aromatic carbocycles. The Morgan fingerprint density at radius 1 is 0.354 bits per heavy atom. The fourth-order valence-electron chi connectivity index (χ4n) is 16.3. The van der Waals surface area contributed by atoms with Gasteiger partial charge in [0.05, 0.1) is 22.4 Å². The predicted octanol–water partition coefficient (Wildman–Crippen LogP) is 23.4. The molecule has 16 rings (SSSR count). The summed E-state index contributed by atoms with van der Waals surface area (Å²) in [6.07, 6.45) is 0. The molecule has 0 saturated heterocycles. The molecule has 0 atom stereocenters.